The molecule has 2 aliphatic rings. The molecule has 0 saturated carbocycles. The average molecular weight is 562 g/mol. The Morgan fingerprint density at radius 1 is 1.00 bits per heavy atom. The lowest BCUT2D eigenvalue weighted by molar-refractivity contribution is -0.871. The summed E-state index contributed by atoms with van der Waals surface area (Å²) < 4.78 is 17.5. The number of allylic oxidation sites excluding steroid dienone is 1. The molecule has 2 aromatic carbocycles. The first-order valence-corrected chi connectivity index (χ1v) is 14.2. The van der Waals surface area contributed by atoms with Crippen LogP contribution in [0, 0.1) is 0 Å². The molecule has 0 aromatic heterocycles. The Bertz CT molecular complexity index is 1370. The van der Waals surface area contributed by atoms with Crippen molar-refractivity contribution in [3.63, 3.8) is 0 Å². The molecule has 8 heteroatoms. The largest absolute Gasteiger partial charge is 0.496 e. The van der Waals surface area contributed by atoms with Crippen molar-refractivity contribution in [3.05, 3.63) is 71.0 Å². The standard InChI is InChI=1S/C33H44N4O4/c1-10-37(17-11-12-32(38)40-9)28-21-29(39-8)26(20-27(28)36(6)7)33-24-15-13-22(34(2)3)18-30(24)41-31-19-23(35(4)5)14-16-25(31)33/h13-16,18-22H,10-12,17H2,1-9H3/p+1. The van der Waals surface area contributed by atoms with E-state index in [2.05, 4.69) is 98.4 Å². The Labute approximate surface area is 245 Å². The Kier molecular flexibility index (Phi) is 9.33. The van der Waals surface area contributed by atoms with E-state index >= 15 is 0 Å². The van der Waals surface area contributed by atoms with Gasteiger partial charge in [-0.2, -0.15) is 0 Å². The SMILES string of the molecule is CCN(CCCC(=O)OC)c1cc(OC)c(C2=C3C=CC([NH+](C)C)C=C3Oc3cc(N(C)C)ccc32)cc1N(C)C. The topological polar surface area (TPSA) is 58.9 Å². The van der Waals surface area contributed by atoms with E-state index in [1.807, 2.05) is 14.1 Å². The van der Waals surface area contributed by atoms with Crippen LogP contribution in [0.1, 0.15) is 30.9 Å². The number of fused-ring (bicyclic) bond motifs is 2. The van der Waals surface area contributed by atoms with Crippen LogP contribution in [-0.2, 0) is 9.53 Å². The summed E-state index contributed by atoms with van der Waals surface area (Å²) in [6.45, 7) is 3.66. The monoisotopic (exact) mass is 561 g/mol. The van der Waals surface area contributed by atoms with Gasteiger partial charge < -0.3 is 33.8 Å². The van der Waals surface area contributed by atoms with E-state index in [-0.39, 0.29) is 12.0 Å². The average Bonchev–Trinajstić information content (AvgIpc) is 2.96. The van der Waals surface area contributed by atoms with Crippen LogP contribution >= 0.6 is 0 Å². The number of hydrogen-bond acceptors (Lipinski definition) is 7. The highest BCUT2D eigenvalue weighted by Gasteiger charge is 2.31. The van der Waals surface area contributed by atoms with Gasteiger partial charge in [-0.1, -0.05) is 0 Å². The molecule has 0 spiro atoms. The van der Waals surface area contributed by atoms with Crippen LogP contribution in [0.4, 0.5) is 17.1 Å². The van der Waals surface area contributed by atoms with E-state index in [4.69, 9.17) is 14.2 Å². The molecular formula is C33H45N4O4+. The molecule has 0 fully saturated rings. The highest BCUT2D eigenvalue weighted by Crippen LogP contribution is 2.48. The van der Waals surface area contributed by atoms with Crippen molar-refractivity contribution in [2.75, 3.05) is 84.3 Å². The maximum Gasteiger partial charge on any atom is 0.305 e. The van der Waals surface area contributed by atoms with Gasteiger partial charge >= 0.3 is 5.97 Å². The lowest BCUT2D eigenvalue weighted by Gasteiger charge is -2.32. The second-order valence-corrected chi connectivity index (χ2v) is 11.2. The Morgan fingerprint density at radius 2 is 1.76 bits per heavy atom. The normalized spacial score (nSPS) is 15.6. The number of rotatable bonds is 11. The van der Waals surface area contributed by atoms with Gasteiger partial charge in [0.1, 0.15) is 23.3 Å². The minimum atomic E-state index is -0.187. The van der Waals surface area contributed by atoms with Gasteiger partial charge in [-0.25, -0.2) is 0 Å². The zero-order valence-electron chi connectivity index (χ0n) is 26.0. The van der Waals surface area contributed by atoms with Crippen molar-refractivity contribution in [2.24, 2.45) is 0 Å². The summed E-state index contributed by atoms with van der Waals surface area (Å²) in [5, 5.41) is 0. The van der Waals surface area contributed by atoms with Crippen molar-refractivity contribution in [1.82, 2.24) is 0 Å². The number of nitrogens with one attached hydrogen (secondary N) is 1. The van der Waals surface area contributed by atoms with Gasteiger partial charge in [-0.3, -0.25) is 4.79 Å². The van der Waals surface area contributed by atoms with Gasteiger partial charge in [0.15, 0.2) is 0 Å². The number of anilines is 3. The molecular weight excluding hydrogens is 516 g/mol. The van der Waals surface area contributed by atoms with Gasteiger partial charge in [0.25, 0.3) is 0 Å². The molecule has 1 N–H and O–H groups in total. The number of benzene rings is 2. The third-order valence-corrected chi connectivity index (χ3v) is 7.78. The first-order valence-electron chi connectivity index (χ1n) is 14.2. The van der Waals surface area contributed by atoms with E-state index in [0.717, 1.165) is 69.7 Å². The second kappa shape index (κ2) is 12.7. The van der Waals surface area contributed by atoms with E-state index < -0.39 is 0 Å². The Hall–Kier alpha value is -3.91. The fourth-order valence-corrected chi connectivity index (χ4v) is 5.38. The predicted octanol–water partition coefficient (Wildman–Crippen LogP) is 3.77. The molecule has 0 bridgehead atoms. The van der Waals surface area contributed by atoms with Crippen molar-refractivity contribution in [2.45, 2.75) is 25.8 Å². The van der Waals surface area contributed by atoms with E-state index in [9.17, 15) is 4.79 Å². The van der Waals surface area contributed by atoms with Gasteiger partial charge in [0, 0.05) is 93.9 Å². The first-order chi connectivity index (χ1) is 19.6. The quantitative estimate of drug-likeness (QED) is 0.419. The third-order valence-electron chi connectivity index (χ3n) is 7.78. The number of carbonyl (C=O) groups excluding carboxylic acids is 1. The summed E-state index contributed by atoms with van der Waals surface area (Å²) in [7, 11) is 15.7. The molecule has 1 atom stereocenters. The van der Waals surface area contributed by atoms with Crippen LogP contribution < -0.4 is 29.1 Å². The fourth-order valence-electron chi connectivity index (χ4n) is 5.38. The number of nitrogens with zero attached hydrogens (tertiary/aromatic N) is 3. The molecule has 0 radical (unpaired) electrons. The molecule has 1 aliphatic heterocycles. The van der Waals surface area contributed by atoms with E-state index in [1.165, 1.54) is 12.0 Å². The number of ether oxygens (including phenoxy) is 3. The highest BCUT2D eigenvalue weighted by atomic mass is 16.5. The van der Waals surface area contributed by atoms with Gasteiger partial charge in [0.05, 0.1) is 39.7 Å². The molecule has 2 aromatic rings. The van der Waals surface area contributed by atoms with Crippen LogP contribution in [0.2, 0.25) is 0 Å². The van der Waals surface area contributed by atoms with Crippen LogP contribution in [0.15, 0.2) is 59.9 Å². The predicted molar refractivity (Wildman–Crippen MR) is 168 cm³/mol. The second-order valence-electron chi connectivity index (χ2n) is 11.2. The first kappa shape index (κ1) is 30.1. The van der Waals surface area contributed by atoms with Crippen molar-refractivity contribution in [1.29, 1.82) is 0 Å². The summed E-state index contributed by atoms with van der Waals surface area (Å²) in [4.78, 5) is 19.6. The summed E-state index contributed by atoms with van der Waals surface area (Å²) in [5.74, 6) is 2.30. The van der Waals surface area contributed by atoms with Crippen LogP contribution in [0.25, 0.3) is 5.57 Å². The van der Waals surface area contributed by atoms with Crippen molar-refractivity contribution >= 4 is 28.6 Å². The maximum absolute atomic E-state index is 11.7. The number of methoxy groups -OCH3 is 2. The molecule has 4 rings (SSSR count). The number of likely N-dealkylation sites (N-methyl/N-ethyl adjacent to an activating group) is 1. The van der Waals surface area contributed by atoms with Crippen molar-refractivity contribution in [3.8, 4) is 11.5 Å². The molecule has 1 unspecified atom stereocenters. The van der Waals surface area contributed by atoms with Gasteiger partial charge in [0.2, 0.25) is 0 Å². The molecule has 0 saturated heterocycles. The zero-order chi connectivity index (χ0) is 29.8. The molecule has 8 nitrogen and oxygen atoms in total. The highest BCUT2D eigenvalue weighted by molar-refractivity contribution is 5.95. The van der Waals surface area contributed by atoms with Crippen LogP contribution in [0.5, 0.6) is 11.5 Å². The van der Waals surface area contributed by atoms with E-state index in [1.54, 1.807) is 7.11 Å². The molecule has 1 heterocycles. The van der Waals surface area contributed by atoms with Gasteiger partial charge in [-0.05, 0) is 43.7 Å². The molecule has 220 valence electrons. The molecule has 0 amide bonds. The summed E-state index contributed by atoms with van der Waals surface area (Å²) >= 11 is 0. The van der Waals surface area contributed by atoms with Crippen LogP contribution in [-0.4, -0.2) is 81.6 Å². The smallest absolute Gasteiger partial charge is 0.305 e. The number of hydrogen-bond donors (Lipinski definition) is 1. The Balaban J connectivity index is 1.90. The van der Waals surface area contributed by atoms with E-state index in [0.29, 0.717) is 12.8 Å². The zero-order valence-corrected chi connectivity index (χ0v) is 26.0. The summed E-state index contributed by atoms with van der Waals surface area (Å²) in [5.41, 5.74) is 7.40. The summed E-state index contributed by atoms with van der Waals surface area (Å²) in [6, 6.07) is 11.0. The minimum absolute atomic E-state index is 0.187. The Morgan fingerprint density at radius 3 is 2.37 bits per heavy atom. The number of quaternary nitrogens is 1. The van der Waals surface area contributed by atoms with Gasteiger partial charge in [-0.15, -0.1) is 0 Å². The minimum Gasteiger partial charge on any atom is -0.496 e. The van der Waals surface area contributed by atoms with Crippen LogP contribution in [0.3, 0.4) is 0 Å². The third kappa shape index (κ3) is 6.22. The number of carbonyl (C=O) groups is 1. The maximum atomic E-state index is 11.7. The molecule has 1 aliphatic carbocycles. The molecule has 41 heavy (non-hydrogen) atoms. The van der Waals surface area contributed by atoms with Crippen molar-refractivity contribution < 1.29 is 23.9 Å². The lowest BCUT2D eigenvalue weighted by Crippen LogP contribution is -3.09. The number of esters is 1. The fraction of sp³-hybridized carbons (Fsp3) is 0.424. The lowest BCUT2D eigenvalue weighted by atomic mass is 9.86. The summed E-state index contributed by atoms with van der Waals surface area (Å²) in [6.07, 6.45) is 7.74.